The van der Waals surface area contributed by atoms with Crippen LogP contribution in [-0.4, -0.2) is 40.1 Å². The number of thiophene rings is 1. The molecule has 26 heavy (non-hydrogen) atoms. The molecule has 0 aliphatic heterocycles. The topological polar surface area (TPSA) is 114 Å². The first-order chi connectivity index (χ1) is 12.3. The van der Waals surface area contributed by atoms with Gasteiger partial charge in [-0.3, -0.25) is 14.3 Å². The van der Waals surface area contributed by atoms with Crippen molar-refractivity contribution in [2.24, 2.45) is 0 Å². The molecule has 0 saturated carbocycles. The first-order valence-electron chi connectivity index (χ1n) is 7.54. The van der Waals surface area contributed by atoms with E-state index in [9.17, 15) is 18.0 Å². The first kappa shape index (κ1) is 19.7. The third-order valence-corrected chi connectivity index (χ3v) is 4.48. The molecular formula is C16H19N3O5S2. The number of carbonyl (C=O) groups excluding carboxylic acids is 2. The number of methoxy groups -OCH3 is 1. The summed E-state index contributed by atoms with van der Waals surface area (Å²) in [6.45, 7) is 0.200. The summed E-state index contributed by atoms with van der Waals surface area (Å²) in [6.07, 6.45) is 1.13. The Balaban J connectivity index is 1.89. The van der Waals surface area contributed by atoms with Crippen molar-refractivity contribution in [3.05, 3.63) is 40.6 Å². The lowest BCUT2D eigenvalue weighted by atomic mass is 10.2. The lowest BCUT2D eigenvalue weighted by Crippen LogP contribution is -2.27. The molecule has 3 N–H and O–H groups in total. The molecule has 0 fully saturated rings. The van der Waals surface area contributed by atoms with E-state index in [0.29, 0.717) is 11.3 Å². The zero-order valence-corrected chi connectivity index (χ0v) is 15.9. The largest absolute Gasteiger partial charge is 0.494 e. The molecule has 8 nitrogen and oxygen atoms in total. The lowest BCUT2D eigenvalue weighted by Gasteiger charge is -2.12. The second kappa shape index (κ2) is 8.68. The molecule has 0 aliphatic carbocycles. The van der Waals surface area contributed by atoms with Crippen LogP contribution in [0.15, 0.2) is 35.0 Å². The van der Waals surface area contributed by atoms with Gasteiger partial charge in [0.15, 0.2) is 0 Å². The van der Waals surface area contributed by atoms with Crippen molar-refractivity contribution < 1.29 is 22.7 Å². The van der Waals surface area contributed by atoms with Gasteiger partial charge in [-0.25, -0.2) is 8.42 Å². The summed E-state index contributed by atoms with van der Waals surface area (Å²) in [6, 6.07) is 6.26. The summed E-state index contributed by atoms with van der Waals surface area (Å²) in [5, 5.41) is 8.87. The number of benzene rings is 1. The van der Waals surface area contributed by atoms with Crippen LogP contribution in [-0.2, 0) is 14.8 Å². The van der Waals surface area contributed by atoms with Crippen LogP contribution in [0.3, 0.4) is 0 Å². The molecule has 0 saturated heterocycles. The van der Waals surface area contributed by atoms with Gasteiger partial charge in [0, 0.05) is 35.7 Å². The summed E-state index contributed by atoms with van der Waals surface area (Å²) in [4.78, 5) is 23.8. The molecule has 0 unspecified atom stereocenters. The van der Waals surface area contributed by atoms with E-state index in [4.69, 9.17) is 4.74 Å². The number of amides is 2. The van der Waals surface area contributed by atoms with E-state index in [0.717, 1.165) is 6.26 Å². The molecule has 1 aromatic heterocycles. The number of hydrogen-bond donors (Lipinski definition) is 3. The molecule has 2 amide bonds. The Morgan fingerprint density at radius 1 is 1.23 bits per heavy atom. The van der Waals surface area contributed by atoms with Gasteiger partial charge in [-0.05, 0) is 23.6 Å². The maximum absolute atomic E-state index is 12.0. The van der Waals surface area contributed by atoms with Crippen molar-refractivity contribution >= 4 is 44.5 Å². The van der Waals surface area contributed by atoms with Crippen LogP contribution >= 0.6 is 11.3 Å². The average molecular weight is 397 g/mol. The van der Waals surface area contributed by atoms with Gasteiger partial charge in [-0.2, -0.15) is 11.3 Å². The highest BCUT2D eigenvalue weighted by molar-refractivity contribution is 7.92. The summed E-state index contributed by atoms with van der Waals surface area (Å²) >= 11 is 1.42. The third kappa shape index (κ3) is 6.05. The Morgan fingerprint density at radius 3 is 2.62 bits per heavy atom. The average Bonchev–Trinajstić information content (AvgIpc) is 3.09. The second-order valence-corrected chi connectivity index (χ2v) is 7.88. The number of anilines is 2. The number of rotatable bonds is 8. The van der Waals surface area contributed by atoms with Crippen molar-refractivity contribution in [2.45, 2.75) is 6.42 Å². The molecule has 2 rings (SSSR count). The van der Waals surface area contributed by atoms with Gasteiger partial charge < -0.3 is 15.4 Å². The van der Waals surface area contributed by atoms with Crippen LogP contribution in [0.25, 0.3) is 0 Å². The predicted molar refractivity (Wildman–Crippen MR) is 101 cm³/mol. The standard InChI is InChI=1S/C16H19N3O5S2/c1-24-14-9-12(3-4-13(14)19-26(2,22)23)18-15(20)5-7-17-16(21)11-6-8-25-10-11/h3-4,6,8-10,19H,5,7H2,1-2H3,(H,17,21)(H,18,20). The minimum atomic E-state index is -3.44. The third-order valence-electron chi connectivity index (χ3n) is 3.20. The number of nitrogens with one attached hydrogen (secondary N) is 3. The maximum Gasteiger partial charge on any atom is 0.252 e. The van der Waals surface area contributed by atoms with Gasteiger partial charge in [0.05, 0.1) is 19.1 Å². The van der Waals surface area contributed by atoms with E-state index in [-0.39, 0.29) is 36.2 Å². The summed E-state index contributed by atoms with van der Waals surface area (Å²) in [7, 11) is -2.04. The number of hydrogen-bond acceptors (Lipinski definition) is 6. The highest BCUT2D eigenvalue weighted by Crippen LogP contribution is 2.28. The highest BCUT2D eigenvalue weighted by atomic mass is 32.2. The van der Waals surface area contributed by atoms with Crippen molar-refractivity contribution in [3.63, 3.8) is 0 Å². The zero-order valence-electron chi connectivity index (χ0n) is 14.2. The molecule has 2 aromatic rings. The van der Waals surface area contributed by atoms with Gasteiger partial charge in [0.1, 0.15) is 5.75 Å². The van der Waals surface area contributed by atoms with E-state index in [1.165, 1.54) is 30.6 Å². The van der Waals surface area contributed by atoms with Crippen LogP contribution in [0.4, 0.5) is 11.4 Å². The Bertz CT molecular complexity index is 879. The second-order valence-electron chi connectivity index (χ2n) is 5.36. The molecule has 10 heteroatoms. The van der Waals surface area contributed by atoms with Gasteiger partial charge in [-0.15, -0.1) is 0 Å². The van der Waals surface area contributed by atoms with Crippen LogP contribution in [0.2, 0.25) is 0 Å². The summed E-state index contributed by atoms with van der Waals surface area (Å²) in [5.41, 5.74) is 1.29. The fourth-order valence-corrected chi connectivity index (χ4v) is 3.27. The SMILES string of the molecule is COc1cc(NC(=O)CCNC(=O)c2ccsc2)ccc1NS(C)(=O)=O. The lowest BCUT2D eigenvalue weighted by molar-refractivity contribution is -0.116. The molecule has 0 spiro atoms. The van der Waals surface area contributed by atoms with Crippen LogP contribution < -0.4 is 20.1 Å². The minimum absolute atomic E-state index is 0.0987. The van der Waals surface area contributed by atoms with Gasteiger partial charge >= 0.3 is 0 Å². The maximum atomic E-state index is 12.0. The highest BCUT2D eigenvalue weighted by Gasteiger charge is 2.11. The molecule has 0 radical (unpaired) electrons. The van der Waals surface area contributed by atoms with Gasteiger partial charge in [0.25, 0.3) is 5.91 Å². The van der Waals surface area contributed by atoms with Crippen molar-refractivity contribution in [2.75, 3.05) is 29.9 Å². The normalized spacial score (nSPS) is 10.8. The Morgan fingerprint density at radius 2 is 2.00 bits per heavy atom. The summed E-state index contributed by atoms with van der Waals surface area (Å²) < 4.78 is 30.1. The van der Waals surface area contributed by atoms with Crippen molar-refractivity contribution in [3.8, 4) is 5.75 Å². The van der Waals surface area contributed by atoms with Crippen LogP contribution in [0.5, 0.6) is 5.75 Å². The van der Waals surface area contributed by atoms with Crippen molar-refractivity contribution in [1.29, 1.82) is 0 Å². The first-order valence-corrected chi connectivity index (χ1v) is 10.4. The monoisotopic (exact) mass is 397 g/mol. The fourth-order valence-electron chi connectivity index (χ4n) is 2.06. The van der Waals surface area contributed by atoms with Gasteiger partial charge in [0.2, 0.25) is 15.9 Å². The van der Waals surface area contributed by atoms with Crippen LogP contribution in [0.1, 0.15) is 16.8 Å². The minimum Gasteiger partial charge on any atom is -0.494 e. The Hall–Kier alpha value is -2.59. The van der Waals surface area contributed by atoms with Gasteiger partial charge in [-0.1, -0.05) is 0 Å². The Labute approximate surface area is 155 Å². The van der Waals surface area contributed by atoms with Crippen LogP contribution in [0, 0.1) is 0 Å². The molecular weight excluding hydrogens is 378 g/mol. The molecule has 0 bridgehead atoms. The van der Waals surface area contributed by atoms with E-state index in [1.807, 2.05) is 0 Å². The zero-order chi connectivity index (χ0) is 19.2. The number of sulfonamides is 1. The smallest absolute Gasteiger partial charge is 0.252 e. The molecule has 0 aliphatic rings. The van der Waals surface area contributed by atoms with E-state index in [1.54, 1.807) is 22.9 Å². The molecule has 1 heterocycles. The predicted octanol–water partition coefficient (Wildman–Crippen LogP) is 1.89. The van der Waals surface area contributed by atoms with E-state index in [2.05, 4.69) is 15.4 Å². The molecule has 0 atom stereocenters. The molecule has 1 aromatic carbocycles. The molecule has 140 valence electrons. The van der Waals surface area contributed by atoms with E-state index >= 15 is 0 Å². The quantitative estimate of drug-likeness (QED) is 0.629. The number of carbonyl (C=O) groups is 2. The number of ether oxygens (including phenoxy) is 1. The summed E-state index contributed by atoms with van der Waals surface area (Å²) in [5.74, 6) is -0.239. The van der Waals surface area contributed by atoms with E-state index < -0.39 is 10.0 Å². The van der Waals surface area contributed by atoms with Crippen molar-refractivity contribution in [1.82, 2.24) is 5.32 Å². The Kier molecular flexibility index (Phi) is 6.58. The fraction of sp³-hybridized carbons (Fsp3) is 0.250.